The van der Waals surface area contributed by atoms with Crippen LogP contribution < -0.4 is 21.1 Å². The van der Waals surface area contributed by atoms with Gasteiger partial charge in [0.1, 0.15) is 23.9 Å². The number of ether oxygens (including phenoxy) is 2. The number of carbonyl (C=O) groups excluding carboxylic acids is 5. The van der Waals surface area contributed by atoms with Gasteiger partial charge >= 0.3 is 12.2 Å². The zero-order valence-corrected chi connectivity index (χ0v) is 29.0. The van der Waals surface area contributed by atoms with Crippen molar-refractivity contribution >= 4 is 41.0 Å². The standard InChI is InChI=1S/C38H44N4O9/c1-25(27-8-5-4-6-9-27)20-32(43)38(23-37(2,3)24-38)33(44)21-28(10-7-19-40-35(39)46)34(45)41-29-13-11-26(12-14-29)22-50-36(47)51-31-17-15-30(16-18-31)42(48)49/h4-6,8-9,11-18,25,28H,7,10,19-24H2,1-3H3,(H,41,45)(H3,39,40,46)/t25-,28+/m0/s1. The maximum atomic E-state index is 14.1. The van der Waals surface area contributed by atoms with E-state index in [0.29, 0.717) is 30.5 Å². The van der Waals surface area contributed by atoms with Gasteiger partial charge in [0.15, 0.2) is 0 Å². The van der Waals surface area contributed by atoms with Crippen molar-refractivity contribution in [1.82, 2.24) is 5.32 Å². The summed E-state index contributed by atoms with van der Waals surface area (Å²) in [6.07, 6.45) is 0.582. The number of rotatable bonds is 17. The average molecular weight is 701 g/mol. The highest BCUT2D eigenvalue weighted by Crippen LogP contribution is 2.57. The summed E-state index contributed by atoms with van der Waals surface area (Å²) >= 11 is 0. The molecule has 13 nitrogen and oxygen atoms in total. The fourth-order valence-electron chi connectivity index (χ4n) is 6.64. The van der Waals surface area contributed by atoms with E-state index in [9.17, 15) is 34.1 Å². The molecule has 1 saturated carbocycles. The minimum absolute atomic E-state index is 0.0693. The Hall–Kier alpha value is -5.59. The summed E-state index contributed by atoms with van der Waals surface area (Å²) in [5.41, 5.74) is 5.77. The monoisotopic (exact) mass is 700 g/mol. The van der Waals surface area contributed by atoms with Crippen molar-refractivity contribution in [2.45, 2.75) is 71.8 Å². The molecule has 0 aromatic heterocycles. The topological polar surface area (TPSA) is 197 Å². The molecule has 3 aromatic carbocycles. The molecular formula is C38H44N4O9. The lowest BCUT2D eigenvalue weighted by Gasteiger charge is -2.51. The number of non-ortho nitro benzene ring substituents is 1. The van der Waals surface area contributed by atoms with Gasteiger partial charge in [-0.1, -0.05) is 63.2 Å². The molecule has 4 N–H and O–H groups in total. The number of hydrogen-bond acceptors (Lipinski definition) is 9. The molecule has 3 aromatic rings. The molecule has 0 spiro atoms. The minimum atomic E-state index is -1.15. The summed E-state index contributed by atoms with van der Waals surface area (Å²) in [4.78, 5) is 75.1. The van der Waals surface area contributed by atoms with Crippen molar-refractivity contribution in [3.8, 4) is 5.75 Å². The van der Waals surface area contributed by atoms with Crippen LogP contribution in [0.2, 0.25) is 0 Å². The molecule has 0 aliphatic heterocycles. The third kappa shape index (κ3) is 10.7. The van der Waals surface area contributed by atoms with Crippen LogP contribution in [0.25, 0.3) is 0 Å². The van der Waals surface area contributed by atoms with E-state index >= 15 is 0 Å². The first-order valence-electron chi connectivity index (χ1n) is 16.8. The molecule has 1 fully saturated rings. The van der Waals surface area contributed by atoms with Gasteiger partial charge in [0, 0.05) is 43.1 Å². The Kier molecular flexibility index (Phi) is 12.6. The number of nitro benzene ring substituents is 1. The fraction of sp³-hybridized carbons (Fsp3) is 0.395. The summed E-state index contributed by atoms with van der Waals surface area (Å²) in [6.45, 7) is 6.12. The van der Waals surface area contributed by atoms with Crippen LogP contribution in [0, 0.1) is 26.9 Å². The highest BCUT2D eigenvalue weighted by Gasteiger charge is 2.58. The Morgan fingerprint density at radius 1 is 0.902 bits per heavy atom. The van der Waals surface area contributed by atoms with Crippen molar-refractivity contribution in [3.05, 3.63) is 100 Å². The molecule has 3 amide bonds. The van der Waals surface area contributed by atoms with Gasteiger partial charge in [0.05, 0.1) is 10.3 Å². The Morgan fingerprint density at radius 2 is 1.53 bits per heavy atom. The van der Waals surface area contributed by atoms with Gasteiger partial charge < -0.3 is 25.8 Å². The van der Waals surface area contributed by atoms with Crippen LogP contribution in [0.1, 0.15) is 76.3 Å². The second-order valence-corrected chi connectivity index (χ2v) is 13.9. The third-order valence-electron chi connectivity index (χ3n) is 9.15. The number of benzene rings is 3. The number of nitro groups is 1. The number of hydrogen-bond donors (Lipinski definition) is 3. The van der Waals surface area contributed by atoms with E-state index in [1.807, 2.05) is 51.1 Å². The summed E-state index contributed by atoms with van der Waals surface area (Å²) < 4.78 is 10.2. The van der Waals surface area contributed by atoms with Crippen LogP contribution in [0.4, 0.5) is 21.0 Å². The second-order valence-electron chi connectivity index (χ2n) is 13.9. The van der Waals surface area contributed by atoms with E-state index in [0.717, 1.165) is 5.56 Å². The number of primary amides is 1. The molecule has 13 heteroatoms. The lowest BCUT2D eigenvalue weighted by atomic mass is 9.49. The van der Waals surface area contributed by atoms with E-state index < -0.39 is 34.3 Å². The zero-order valence-electron chi connectivity index (χ0n) is 29.0. The molecule has 0 radical (unpaired) electrons. The number of amides is 3. The van der Waals surface area contributed by atoms with Crippen LogP contribution in [0.3, 0.4) is 0 Å². The Morgan fingerprint density at radius 3 is 2.12 bits per heavy atom. The maximum Gasteiger partial charge on any atom is 0.514 e. The minimum Gasteiger partial charge on any atom is -0.429 e. The molecule has 270 valence electrons. The van der Waals surface area contributed by atoms with Crippen molar-refractivity contribution in [1.29, 1.82) is 0 Å². The van der Waals surface area contributed by atoms with Gasteiger partial charge in [-0.3, -0.25) is 24.5 Å². The average Bonchev–Trinajstić information content (AvgIpc) is 3.08. The van der Waals surface area contributed by atoms with Crippen LogP contribution in [0.15, 0.2) is 78.9 Å². The number of anilines is 1. The van der Waals surface area contributed by atoms with E-state index in [2.05, 4.69) is 10.6 Å². The Bertz CT molecular complexity index is 1720. The Labute approximate surface area is 296 Å². The first kappa shape index (κ1) is 38.2. The summed E-state index contributed by atoms with van der Waals surface area (Å²) in [5, 5.41) is 16.2. The molecule has 0 bridgehead atoms. The van der Waals surface area contributed by atoms with Gasteiger partial charge in [0.2, 0.25) is 5.91 Å². The predicted octanol–water partition coefficient (Wildman–Crippen LogP) is 6.84. The fourth-order valence-corrected chi connectivity index (χ4v) is 6.64. The molecule has 1 aliphatic carbocycles. The number of nitrogens with two attached hydrogens (primary N) is 1. The lowest BCUT2D eigenvalue weighted by Crippen LogP contribution is -2.54. The van der Waals surface area contributed by atoms with Crippen LogP contribution >= 0.6 is 0 Å². The van der Waals surface area contributed by atoms with Gasteiger partial charge in [-0.05, 0) is 72.4 Å². The van der Waals surface area contributed by atoms with E-state index in [1.165, 1.54) is 24.3 Å². The van der Waals surface area contributed by atoms with Crippen molar-refractivity contribution < 1.29 is 38.4 Å². The second kappa shape index (κ2) is 16.9. The van der Waals surface area contributed by atoms with Crippen LogP contribution in [-0.2, 0) is 25.7 Å². The number of carbonyl (C=O) groups is 5. The van der Waals surface area contributed by atoms with Crippen LogP contribution in [0.5, 0.6) is 5.75 Å². The normalized spacial score (nSPS) is 15.3. The molecule has 51 heavy (non-hydrogen) atoms. The van der Waals surface area contributed by atoms with E-state index in [-0.39, 0.29) is 66.8 Å². The van der Waals surface area contributed by atoms with Crippen molar-refractivity contribution in [2.24, 2.45) is 22.5 Å². The molecule has 0 unspecified atom stereocenters. The first-order chi connectivity index (χ1) is 24.2. The largest absolute Gasteiger partial charge is 0.514 e. The first-order valence-corrected chi connectivity index (χ1v) is 16.8. The summed E-state index contributed by atoms with van der Waals surface area (Å²) in [7, 11) is 0. The number of nitrogens with one attached hydrogen (secondary N) is 2. The number of ketones is 2. The lowest BCUT2D eigenvalue weighted by molar-refractivity contribution is -0.384. The number of nitrogens with zero attached hydrogens (tertiary/aromatic N) is 1. The van der Waals surface area contributed by atoms with Crippen molar-refractivity contribution in [3.63, 3.8) is 0 Å². The van der Waals surface area contributed by atoms with E-state index in [4.69, 9.17) is 15.2 Å². The SMILES string of the molecule is C[C@@H](CC(=O)C1(C(=O)C[C@@H](CCCNC(N)=O)C(=O)Nc2ccc(COC(=O)Oc3ccc([N+](=O)[O-])cc3)cc2)CC(C)(C)C1)c1ccccc1. The molecule has 0 saturated heterocycles. The van der Waals surface area contributed by atoms with Gasteiger partial charge in [0.25, 0.3) is 5.69 Å². The number of urea groups is 1. The maximum absolute atomic E-state index is 14.1. The third-order valence-corrected chi connectivity index (χ3v) is 9.15. The molecule has 0 heterocycles. The smallest absolute Gasteiger partial charge is 0.429 e. The summed E-state index contributed by atoms with van der Waals surface area (Å²) in [6, 6.07) is 20.5. The quantitative estimate of drug-likeness (QED) is 0.0337. The zero-order chi connectivity index (χ0) is 37.2. The van der Waals surface area contributed by atoms with Gasteiger partial charge in [-0.15, -0.1) is 0 Å². The summed E-state index contributed by atoms with van der Waals surface area (Å²) in [5.74, 6) is -1.52. The molecule has 4 rings (SSSR count). The highest BCUT2D eigenvalue weighted by atomic mass is 16.7. The molecular weight excluding hydrogens is 656 g/mol. The van der Waals surface area contributed by atoms with Gasteiger partial charge in [-0.25, -0.2) is 9.59 Å². The Balaban J connectivity index is 1.38. The highest BCUT2D eigenvalue weighted by molar-refractivity contribution is 6.09. The molecule has 2 atom stereocenters. The predicted molar refractivity (Wildman–Crippen MR) is 189 cm³/mol. The number of Topliss-reactive ketones (excluding diaryl/α,β-unsaturated/α-hetero) is 2. The molecule has 1 aliphatic rings. The van der Waals surface area contributed by atoms with Crippen LogP contribution in [-0.4, -0.2) is 41.1 Å². The van der Waals surface area contributed by atoms with E-state index in [1.54, 1.807) is 24.3 Å². The van der Waals surface area contributed by atoms with Gasteiger partial charge in [-0.2, -0.15) is 0 Å². The van der Waals surface area contributed by atoms with Crippen molar-refractivity contribution in [2.75, 3.05) is 11.9 Å².